The Bertz CT molecular complexity index is 914. The summed E-state index contributed by atoms with van der Waals surface area (Å²) in [6, 6.07) is 13.2. The Morgan fingerprint density at radius 2 is 1.67 bits per heavy atom. The lowest BCUT2D eigenvalue weighted by Gasteiger charge is -2.24. The van der Waals surface area contributed by atoms with Gasteiger partial charge in [-0.3, -0.25) is 9.59 Å². The van der Waals surface area contributed by atoms with Gasteiger partial charge in [0.25, 0.3) is 0 Å². The zero-order chi connectivity index (χ0) is 21.5. The summed E-state index contributed by atoms with van der Waals surface area (Å²) in [6.07, 6.45) is 1.34. The predicted molar refractivity (Wildman–Crippen MR) is 116 cm³/mol. The van der Waals surface area contributed by atoms with Crippen LogP contribution in [0.2, 0.25) is 0 Å². The SMILES string of the molecule is CCOc1ccccc1NC(=O)N1CCC[C@@H]1C(=O)Nc1ccc(NC(C)=O)cc1. The summed E-state index contributed by atoms with van der Waals surface area (Å²) in [5, 5.41) is 8.38. The molecule has 1 atom stereocenters. The predicted octanol–water partition coefficient (Wildman–Crippen LogP) is 3.68. The Labute approximate surface area is 175 Å². The Morgan fingerprint density at radius 3 is 2.33 bits per heavy atom. The Morgan fingerprint density at radius 1 is 1.00 bits per heavy atom. The van der Waals surface area contributed by atoms with Crippen molar-refractivity contribution in [3.63, 3.8) is 0 Å². The first-order valence-corrected chi connectivity index (χ1v) is 9.96. The fourth-order valence-corrected chi connectivity index (χ4v) is 3.39. The number of nitrogens with one attached hydrogen (secondary N) is 3. The van der Waals surface area contributed by atoms with Crippen LogP contribution in [0.5, 0.6) is 5.75 Å². The number of nitrogens with zero attached hydrogens (tertiary/aromatic N) is 1. The van der Waals surface area contributed by atoms with E-state index in [1.165, 1.54) is 6.92 Å². The molecule has 0 radical (unpaired) electrons. The molecule has 3 rings (SSSR count). The molecule has 30 heavy (non-hydrogen) atoms. The maximum absolute atomic E-state index is 12.8. The zero-order valence-electron chi connectivity index (χ0n) is 17.1. The molecule has 3 N–H and O–H groups in total. The highest BCUT2D eigenvalue weighted by atomic mass is 16.5. The Balaban J connectivity index is 1.64. The van der Waals surface area contributed by atoms with Crippen LogP contribution >= 0.6 is 0 Å². The molecule has 2 aromatic carbocycles. The van der Waals surface area contributed by atoms with Crippen molar-refractivity contribution < 1.29 is 19.1 Å². The number of rotatable bonds is 6. The molecule has 158 valence electrons. The molecule has 2 aromatic rings. The molecule has 1 heterocycles. The summed E-state index contributed by atoms with van der Waals surface area (Å²) in [4.78, 5) is 38.3. The number of hydrogen-bond acceptors (Lipinski definition) is 4. The Hall–Kier alpha value is -3.55. The number of benzene rings is 2. The third-order valence-corrected chi connectivity index (χ3v) is 4.72. The van der Waals surface area contributed by atoms with E-state index in [4.69, 9.17) is 4.74 Å². The molecule has 8 nitrogen and oxygen atoms in total. The fourth-order valence-electron chi connectivity index (χ4n) is 3.39. The van der Waals surface area contributed by atoms with Crippen LogP contribution in [0, 0.1) is 0 Å². The van der Waals surface area contributed by atoms with E-state index < -0.39 is 6.04 Å². The van der Waals surface area contributed by atoms with Gasteiger partial charge in [0.2, 0.25) is 11.8 Å². The average molecular weight is 410 g/mol. The van der Waals surface area contributed by atoms with Crippen molar-refractivity contribution >= 4 is 34.9 Å². The average Bonchev–Trinajstić information content (AvgIpc) is 3.21. The number of amides is 4. The van der Waals surface area contributed by atoms with Crippen LogP contribution < -0.4 is 20.7 Å². The number of para-hydroxylation sites is 2. The van der Waals surface area contributed by atoms with Crippen LogP contribution in [0.25, 0.3) is 0 Å². The molecular weight excluding hydrogens is 384 g/mol. The fraction of sp³-hybridized carbons (Fsp3) is 0.318. The van der Waals surface area contributed by atoms with E-state index in [-0.39, 0.29) is 17.8 Å². The first-order chi connectivity index (χ1) is 14.5. The zero-order valence-corrected chi connectivity index (χ0v) is 17.1. The lowest BCUT2D eigenvalue weighted by atomic mass is 10.2. The van der Waals surface area contributed by atoms with E-state index >= 15 is 0 Å². The molecular formula is C22H26N4O4. The van der Waals surface area contributed by atoms with Gasteiger partial charge in [-0.2, -0.15) is 0 Å². The summed E-state index contributed by atoms with van der Waals surface area (Å²) in [5.41, 5.74) is 1.82. The van der Waals surface area contributed by atoms with Crippen molar-refractivity contribution in [3.05, 3.63) is 48.5 Å². The highest BCUT2D eigenvalue weighted by Crippen LogP contribution is 2.26. The number of hydrogen-bond donors (Lipinski definition) is 3. The van der Waals surface area contributed by atoms with E-state index in [1.54, 1.807) is 41.3 Å². The van der Waals surface area contributed by atoms with Gasteiger partial charge in [0, 0.05) is 24.8 Å². The van der Waals surface area contributed by atoms with E-state index in [1.807, 2.05) is 19.1 Å². The monoisotopic (exact) mass is 410 g/mol. The number of carbonyl (C=O) groups is 3. The normalized spacial score (nSPS) is 15.4. The van der Waals surface area contributed by atoms with Crippen molar-refractivity contribution in [1.29, 1.82) is 0 Å². The largest absolute Gasteiger partial charge is 0.492 e. The highest BCUT2D eigenvalue weighted by molar-refractivity contribution is 6.00. The molecule has 0 bridgehead atoms. The first kappa shape index (κ1) is 21.2. The molecule has 1 saturated heterocycles. The minimum atomic E-state index is -0.556. The molecule has 1 fully saturated rings. The van der Waals surface area contributed by atoms with Crippen LogP contribution in [0.3, 0.4) is 0 Å². The van der Waals surface area contributed by atoms with E-state index in [0.717, 1.165) is 6.42 Å². The number of carbonyl (C=O) groups excluding carboxylic acids is 3. The lowest BCUT2D eigenvalue weighted by Crippen LogP contribution is -2.45. The molecule has 0 aromatic heterocycles. The van der Waals surface area contributed by atoms with Gasteiger partial charge in [-0.1, -0.05) is 12.1 Å². The van der Waals surface area contributed by atoms with Crippen molar-refractivity contribution in [3.8, 4) is 5.75 Å². The van der Waals surface area contributed by atoms with Crippen LogP contribution in [-0.4, -0.2) is 41.9 Å². The second-order valence-electron chi connectivity index (χ2n) is 6.96. The number of ether oxygens (including phenoxy) is 1. The van der Waals surface area contributed by atoms with Gasteiger partial charge in [0.15, 0.2) is 0 Å². The summed E-state index contributed by atoms with van der Waals surface area (Å²) >= 11 is 0. The third kappa shape index (κ3) is 5.28. The van der Waals surface area contributed by atoms with Crippen molar-refractivity contribution in [2.24, 2.45) is 0 Å². The first-order valence-electron chi connectivity index (χ1n) is 9.96. The van der Waals surface area contributed by atoms with Gasteiger partial charge in [-0.25, -0.2) is 4.79 Å². The number of likely N-dealkylation sites (tertiary alicyclic amines) is 1. The Kier molecular flexibility index (Phi) is 6.90. The van der Waals surface area contributed by atoms with Crippen molar-refractivity contribution in [1.82, 2.24) is 4.90 Å². The van der Waals surface area contributed by atoms with Crippen molar-refractivity contribution in [2.45, 2.75) is 32.7 Å². The van der Waals surface area contributed by atoms with Crippen LogP contribution in [-0.2, 0) is 9.59 Å². The third-order valence-electron chi connectivity index (χ3n) is 4.72. The van der Waals surface area contributed by atoms with E-state index in [9.17, 15) is 14.4 Å². The molecule has 0 spiro atoms. The van der Waals surface area contributed by atoms with Crippen LogP contribution in [0.4, 0.5) is 21.9 Å². The highest BCUT2D eigenvalue weighted by Gasteiger charge is 2.34. The molecule has 1 aliphatic heterocycles. The maximum Gasteiger partial charge on any atom is 0.322 e. The van der Waals surface area contributed by atoms with Gasteiger partial charge in [-0.15, -0.1) is 0 Å². The van der Waals surface area contributed by atoms with E-state index in [2.05, 4.69) is 16.0 Å². The minimum Gasteiger partial charge on any atom is -0.492 e. The second-order valence-corrected chi connectivity index (χ2v) is 6.96. The number of urea groups is 1. The number of anilines is 3. The van der Waals surface area contributed by atoms with Gasteiger partial charge in [-0.05, 0) is 56.2 Å². The molecule has 8 heteroatoms. The standard InChI is InChI=1S/C22H26N4O4/c1-3-30-20-9-5-4-7-18(20)25-22(29)26-14-6-8-19(26)21(28)24-17-12-10-16(11-13-17)23-15(2)27/h4-5,7,9-13,19H,3,6,8,14H2,1-2H3,(H,23,27)(H,24,28)(H,25,29)/t19-/m1/s1. The molecule has 0 saturated carbocycles. The summed E-state index contributed by atoms with van der Waals surface area (Å²) in [6.45, 7) is 4.30. The molecule has 0 aliphatic carbocycles. The summed E-state index contributed by atoms with van der Waals surface area (Å²) in [7, 11) is 0. The second kappa shape index (κ2) is 9.78. The molecule has 1 aliphatic rings. The quantitative estimate of drug-likeness (QED) is 0.676. The van der Waals surface area contributed by atoms with Gasteiger partial charge in [0.1, 0.15) is 11.8 Å². The maximum atomic E-state index is 12.8. The van der Waals surface area contributed by atoms with Crippen LogP contribution in [0.15, 0.2) is 48.5 Å². The van der Waals surface area contributed by atoms with E-state index in [0.29, 0.717) is 42.4 Å². The van der Waals surface area contributed by atoms with Gasteiger partial charge < -0.3 is 25.6 Å². The van der Waals surface area contributed by atoms with Gasteiger partial charge >= 0.3 is 6.03 Å². The topological polar surface area (TPSA) is 99.8 Å². The van der Waals surface area contributed by atoms with Crippen molar-refractivity contribution in [2.75, 3.05) is 29.1 Å². The molecule has 4 amide bonds. The summed E-state index contributed by atoms with van der Waals surface area (Å²) in [5.74, 6) is 0.186. The van der Waals surface area contributed by atoms with Crippen LogP contribution in [0.1, 0.15) is 26.7 Å². The lowest BCUT2D eigenvalue weighted by molar-refractivity contribution is -0.119. The summed E-state index contributed by atoms with van der Waals surface area (Å²) < 4.78 is 5.55. The minimum absolute atomic E-state index is 0.162. The van der Waals surface area contributed by atoms with Gasteiger partial charge in [0.05, 0.1) is 12.3 Å². The molecule has 0 unspecified atom stereocenters. The smallest absolute Gasteiger partial charge is 0.322 e.